The van der Waals surface area contributed by atoms with Gasteiger partial charge in [0.15, 0.2) is 17.2 Å². The monoisotopic (exact) mass is 337 g/mol. The quantitative estimate of drug-likeness (QED) is 0.861. The van der Waals surface area contributed by atoms with Crippen molar-refractivity contribution in [1.29, 1.82) is 0 Å². The summed E-state index contributed by atoms with van der Waals surface area (Å²) in [7, 11) is 0. The zero-order valence-corrected chi connectivity index (χ0v) is 13.1. The molecule has 0 radical (unpaired) electrons. The number of nitrogens with zero attached hydrogens (tertiary/aromatic N) is 3. The van der Waals surface area contributed by atoms with E-state index in [1.54, 1.807) is 6.92 Å². The van der Waals surface area contributed by atoms with Gasteiger partial charge in [0, 0.05) is 38.1 Å². The highest BCUT2D eigenvalue weighted by atomic mass is 19.2. The van der Waals surface area contributed by atoms with Gasteiger partial charge in [0.05, 0.1) is 23.8 Å². The first-order chi connectivity index (χ1) is 11.4. The Morgan fingerprint density at radius 1 is 1.29 bits per heavy atom. The number of piperidine rings is 1. The second-order valence-electron chi connectivity index (χ2n) is 5.72. The predicted molar refractivity (Wildman–Crippen MR) is 82.5 cm³/mol. The molecule has 128 valence electrons. The van der Waals surface area contributed by atoms with E-state index in [-0.39, 0.29) is 30.5 Å². The van der Waals surface area contributed by atoms with Crippen molar-refractivity contribution >= 4 is 22.8 Å². The van der Waals surface area contributed by atoms with E-state index in [0.717, 1.165) is 12.1 Å². The minimum Gasteiger partial charge on any atom is -0.464 e. The highest BCUT2D eigenvalue weighted by molar-refractivity contribution is 5.80. The number of carbonyl (C=O) groups excluding carboxylic acids is 1. The van der Waals surface area contributed by atoms with Gasteiger partial charge >= 0.3 is 5.97 Å². The van der Waals surface area contributed by atoms with Gasteiger partial charge in [-0.25, -0.2) is 18.6 Å². The molecule has 1 aromatic heterocycles. The number of ether oxygens (including phenoxy) is 1. The zero-order chi connectivity index (χ0) is 17.3. The van der Waals surface area contributed by atoms with Crippen molar-refractivity contribution in [1.82, 2.24) is 9.97 Å². The number of carbonyl (C=O) groups is 1. The van der Waals surface area contributed by atoms with Crippen LogP contribution in [0.25, 0.3) is 11.0 Å². The molecule has 1 saturated heterocycles. The van der Waals surface area contributed by atoms with Crippen LogP contribution in [0.1, 0.15) is 19.8 Å². The van der Waals surface area contributed by atoms with Crippen LogP contribution in [0, 0.1) is 11.6 Å². The van der Waals surface area contributed by atoms with Crippen molar-refractivity contribution in [2.75, 3.05) is 24.6 Å². The molecule has 0 unspecified atom stereocenters. The summed E-state index contributed by atoms with van der Waals surface area (Å²) in [6.07, 6.45) is 1.86. The van der Waals surface area contributed by atoms with Crippen LogP contribution in [0.15, 0.2) is 18.3 Å². The predicted octanol–water partition coefficient (Wildman–Crippen LogP) is 1.80. The van der Waals surface area contributed by atoms with Gasteiger partial charge in [-0.05, 0) is 6.92 Å². The Bertz CT molecular complexity index is 776. The van der Waals surface area contributed by atoms with E-state index >= 15 is 0 Å². The van der Waals surface area contributed by atoms with Gasteiger partial charge < -0.3 is 14.7 Å². The molecule has 2 heterocycles. The summed E-state index contributed by atoms with van der Waals surface area (Å²) in [5.74, 6) is -2.09. The number of benzene rings is 1. The molecule has 0 bridgehead atoms. The van der Waals surface area contributed by atoms with E-state index in [0.29, 0.717) is 18.9 Å². The molecule has 0 amide bonds. The molecule has 0 spiro atoms. The Morgan fingerprint density at radius 3 is 2.54 bits per heavy atom. The minimum absolute atomic E-state index is 0.198. The van der Waals surface area contributed by atoms with Crippen molar-refractivity contribution in [3.05, 3.63) is 30.0 Å². The van der Waals surface area contributed by atoms with E-state index in [9.17, 15) is 18.7 Å². The summed E-state index contributed by atoms with van der Waals surface area (Å²) in [6, 6.07) is 2.00. The zero-order valence-electron chi connectivity index (χ0n) is 13.1. The van der Waals surface area contributed by atoms with Crippen molar-refractivity contribution < 1.29 is 23.4 Å². The molecule has 0 aliphatic carbocycles. The maximum atomic E-state index is 13.3. The standard InChI is InChI=1S/C16H17F2N3O3/c1-2-24-15(22)16(23)3-5-21(6-4-16)14-9-19-12-7-10(17)11(18)8-13(12)20-14/h7-9,23H,2-6H2,1H3. The highest BCUT2D eigenvalue weighted by Gasteiger charge is 2.41. The van der Waals surface area contributed by atoms with Crippen LogP contribution < -0.4 is 4.90 Å². The summed E-state index contributed by atoms with van der Waals surface area (Å²) < 4.78 is 31.4. The molecule has 0 saturated carbocycles. The molecule has 1 aliphatic heterocycles. The third-order valence-corrected chi connectivity index (χ3v) is 4.14. The summed E-state index contributed by atoms with van der Waals surface area (Å²) in [4.78, 5) is 22.0. The van der Waals surface area contributed by atoms with E-state index in [2.05, 4.69) is 9.97 Å². The van der Waals surface area contributed by atoms with Crippen LogP contribution in [0.5, 0.6) is 0 Å². The number of halogens is 2. The molecule has 1 aromatic carbocycles. The fourth-order valence-electron chi connectivity index (χ4n) is 2.73. The van der Waals surface area contributed by atoms with Gasteiger partial charge in [0.1, 0.15) is 5.82 Å². The Kier molecular flexibility index (Phi) is 4.31. The Balaban J connectivity index is 1.78. The maximum Gasteiger partial charge on any atom is 0.338 e. The van der Waals surface area contributed by atoms with E-state index in [1.165, 1.54) is 6.20 Å². The largest absolute Gasteiger partial charge is 0.464 e. The van der Waals surface area contributed by atoms with Gasteiger partial charge in [-0.15, -0.1) is 0 Å². The van der Waals surface area contributed by atoms with E-state index in [1.807, 2.05) is 4.90 Å². The average Bonchev–Trinajstić information content (AvgIpc) is 2.56. The molecule has 3 rings (SSSR count). The van der Waals surface area contributed by atoms with Crippen LogP contribution in [-0.4, -0.2) is 46.3 Å². The van der Waals surface area contributed by atoms with Crippen LogP contribution >= 0.6 is 0 Å². The fraction of sp³-hybridized carbons (Fsp3) is 0.438. The number of esters is 1. The first-order valence-electron chi connectivity index (χ1n) is 7.69. The van der Waals surface area contributed by atoms with Gasteiger partial charge in [-0.3, -0.25) is 4.98 Å². The molecule has 1 aliphatic rings. The number of anilines is 1. The van der Waals surface area contributed by atoms with Gasteiger partial charge in [0.25, 0.3) is 0 Å². The molecule has 1 fully saturated rings. The number of aliphatic hydroxyl groups is 1. The van der Waals surface area contributed by atoms with Gasteiger partial charge in [-0.1, -0.05) is 0 Å². The topological polar surface area (TPSA) is 75.6 Å². The molecule has 24 heavy (non-hydrogen) atoms. The summed E-state index contributed by atoms with van der Waals surface area (Å²) in [5.41, 5.74) is -0.984. The molecule has 1 N–H and O–H groups in total. The lowest BCUT2D eigenvalue weighted by molar-refractivity contribution is -0.167. The lowest BCUT2D eigenvalue weighted by Gasteiger charge is -2.36. The van der Waals surface area contributed by atoms with Crippen LogP contribution in [-0.2, 0) is 9.53 Å². The second kappa shape index (κ2) is 6.27. The summed E-state index contributed by atoms with van der Waals surface area (Å²) in [6.45, 7) is 2.64. The number of rotatable bonds is 3. The van der Waals surface area contributed by atoms with Crippen molar-refractivity contribution in [2.24, 2.45) is 0 Å². The van der Waals surface area contributed by atoms with Gasteiger partial charge in [-0.2, -0.15) is 0 Å². The van der Waals surface area contributed by atoms with Crippen molar-refractivity contribution in [3.8, 4) is 0 Å². The molecule has 6 nitrogen and oxygen atoms in total. The maximum absolute atomic E-state index is 13.3. The van der Waals surface area contributed by atoms with E-state index < -0.39 is 23.2 Å². The second-order valence-corrected chi connectivity index (χ2v) is 5.72. The van der Waals surface area contributed by atoms with E-state index in [4.69, 9.17) is 4.74 Å². The fourth-order valence-corrected chi connectivity index (χ4v) is 2.73. The van der Waals surface area contributed by atoms with Crippen LogP contribution in [0.4, 0.5) is 14.6 Å². The molecular formula is C16H17F2N3O3. The Labute approximate surface area is 137 Å². The summed E-state index contributed by atoms with van der Waals surface area (Å²) >= 11 is 0. The highest BCUT2D eigenvalue weighted by Crippen LogP contribution is 2.27. The number of hydrogen-bond donors (Lipinski definition) is 1. The first-order valence-corrected chi connectivity index (χ1v) is 7.69. The first kappa shape index (κ1) is 16.5. The number of fused-ring (bicyclic) bond motifs is 1. The van der Waals surface area contributed by atoms with Gasteiger partial charge in [0.2, 0.25) is 0 Å². The summed E-state index contributed by atoms with van der Waals surface area (Å²) in [5, 5.41) is 10.3. The minimum atomic E-state index is -1.49. The number of hydrogen-bond acceptors (Lipinski definition) is 6. The molecule has 0 atom stereocenters. The lowest BCUT2D eigenvalue weighted by Crippen LogP contribution is -2.50. The molecule has 8 heteroatoms. The lowest BCUT2D eigenvalue weighted by atomic mass is 9.91. The van der Waals surface area contributed by atoms with Crippen molar-refractivity contribution in [3.63, 3.8) is 0 Å². The smallest absolute Gasteiger partial charge is 0.338 e. The molecular weight excluding hydrogens is 320 g/mol. The Hall–Kier alpha value is -2.35. The van der Waals surface area contributed by atoms with Crippen LogP contribution in [0.3, 0.4) is 0 Å². The molecule has 2 aromatic rings. The number of aromatic nitrogens is 2. The normalized spacial score (nSPS) is 17.1. The SMILES string of the molecule is CCOC(=O)C1(O)CCN(c2cnc3cc(F)c(F)cc3n2)CC1. The Morgan fingerprint density at radius 2 is 1.92 bits per heavy atom. The third kappa shape index (κ3) is 3.01. The third-order valence-electron chi connectivity index (χ3n) is 4.14. The average molecular weight is 337 g/mol. The van der Waals surface area contributed by atoms with Crippen LogP contribution in [0.2, 0.25) is 0 Å². The van der Waals surface area contributed by atoms with Crippen molar-refractivity contribution in [2.45, 2.75) is 25.4 Å².